The first-order valence-electron chi connectivity index (χ1n) is 4.72. The minimum Gasteiger partial charge on any atom is -0.376 e. The molecule has 2 nitrogen and oxygen atoms in total. The summed E-state index contributed by atoms with van der Waals surface area (Å²) in [5.74, 6) is 5.84. The van der Waals surface area contributed by atoms with E-state index in [1.165, 1.54) is 4.88 Å². The van der Waals surface area contributed by atoms with E-state index in [1.807, 2.05) is 6.07 Å². The quantitative estimate of drug-likeness (QED) is 0.608. The molecule has 0 aromatic carbocycles. The van der Waals surface area contributed by atoms with Crippen LogP contribution >= 0.6 is 11.3 Å². The number of thiophene rings is 1. The van der Waals surface area contributed by atoms with Crippen LogP contribution in [0.2, 0.25) is 0 Å². The van der Waals surface area contributed by atoms with Crippen molar-refractivity contribution in [3.05, 3.63) is 21.9 Å². The molecule has 0 spiro atoms. The molecule has 1 rings (SSSR count). The van der Waals surface area contributed by atoms with Crippen LogP contribution in [-0.2, 0) is 11.3 Å². The van der Waals surface area contributed by atoms with Crippen molar-refractivity contribution in [2.45, 2.75) is 20.0 Å². The van der Waals surface area contributed by atoms with Crippen molar-refractivity contribution in [2.24, 2.45) is 5.73 Å². The summed E-state index contributed by atoms with van der Waals surface area (Å²) in [6, 6.07) is 4.07. The molecule has 3 heteroatoms. The number of hydrogen-bond donors (Lipinski definition) is 1. The molecular weight excluding hydrogens is 194 g/mol. The molecule has 0 unspecified atom stereocenters. The summed E-state index contributed by atoms with van der Waals surface area (Å²) in [4.78, 5) is 2.28. The SMILES string of the molecule is CCCOCc1ccc(C#CCN)s1. The zero-order valence-corrected chi connectivity index (χ0v) is 9.19. The Kier molecular flexibility index (Phi) is 5.31. The van der Waals surface area contributed by atoms with Crippen LogP contribution in [-0.4, -0.2) is 13.2 Å². The predicted molar refractivity (Wildman–Crippen MR) is 60.2 cm³/mol. The Morgan fingerprint density at radius 3 is 3.07 bits per heavy atom. The summed E-state index contributed by atoms with van der Waals surface area (Å²) in [7, 11) is 0. The highest BCUT2D eigenvalue weighted by Crippen LogP contribution is 2.16. The first-order valence-corrected chi connectivity index (χ1v) is 5.54. The second kappa shape index (κ2) is 6.61. The summed E-state index contributed by atoms with van der Waals surface area (Å²) < 4.78 is 5.42. The van der Waals surface area contributed by atoms with Gasteiger partial charge in [-0.3, -0.25) is 0 Å². The van der Waals surface area contributed by atoms with E-state index in [2.05, 4.69) is 24.8 Å². The van der Waals surface area contributed by atoms with E-state index in [-0.39, 0.29) is 0 Å². The van der Waals surface area contributed by atoms with Gasteiger partial charge in [-0.1, -0.05) is 18.8 Å². The smallest absolute Gasteiger partial charge is 0.0809 e. The lowest BCUT2D eigenvalue weighted by atomic mass is 10.4. The highest BCUT2D eigenvalue weighted by molar-refractivity contribution is 7.12. The zero-order chi connectivity index (χ0) is 10.2. The molecule has 0 bridgehead atoms. The molecule has 0 aliphatic heterocycles. The van der Waals surface area contributed by atoms with Gasteiger partial charge in [0.1, 0.15) is 0 Å². The van der Waals surface area contributed by atoms with E-state index in [9.17, 15) is 0 Å². The fraction of sp³-hybridized carbons (Fsp3) is 0.455. The zero-order valence-electron chi connectivity index (χ0n) is 8.38. The van der Waals surface area contributed by atoms with Gasteiger partial charge in [0, 0.05) is 11.5 Å². The lowest BCUT2D eigenvalue weighted by molar-refractivity contribution is 0.123. The molecule has 0 amide bonds. The van der Waals surface area contributed by atoms with Crippen molar-refractivity contribution in [1.29, 1.82) is 0 Å². The van der Waals surface area contributed by atoms with Gasteiger partial charge in [0.2, 0.25) is 0 Å². The van der Waals surface area contributed by atoms with Gasteiger partial charge in [0.15, 0.2) is 0 Å². The van der Waals surface area contributed by atoms with Gasteiger partial charge in [-0.05, 0) is 18.6 Å². The maximum atomic E-state index is 5.42. The van der Waals surface area contributed by atoms with E-state index < -0.39 is 0 Å². The van der Waals surface area contributed by atoms with Crippen molar-refractivity contribution < 1.29 is 4.74 Å². The molecule has 0 aliphatic rings. The van der Waals surface area contributed by atoms with Gasteiger partial charge in [0.25, 0.3) is 0 Å². The molecule has 0 fully saturated rings. The summed E-state index contributed by atoms with van der Waals surface area (Å²) in [6.45, 7) is 4.04. The van der Waals surface area contributed by atoms with E-state index in [1.54, 1.807) is 11.3 Å². The third kappa shape index (κ3) is 3.93. The molecule has 0 saturated carbocycles. The summed E-state index contributed by atoms with van der Waals surface area (Å²) in [5, 5.41) is 0. The standard InChI is InChI=1S/C11H15NOS/c1-2-8-13-9-11-6-5-10(14-11)4-3-7-12/h5-6H,2,7-9,12H2,1H3. The lowest BCUT2D eigenvalue weighted by Crippen LogP contribution is -1.92. The van der Waals surface area contributed by atoms with E-state index in [0.29, 0.717) is 13.2 Å². The number of hydrogen-bond acceptors (Lipinski definition) is 3. The minimum absolute atomic E-state index is 0.416. The molecule has 76 valence electrons. The van der Waals surface area contributed by atoms with Crippen molar-refractivity contribution >= 4 is 11.3 Å². The highest BCUT2D eigenvalue weighted by atomic mass is 32.1. The summed E-state index contributed by atoms with van der Waals surface area (Å²) in [5.41, 5.74) is 5.29. The molecule has 0 atom stereocenters. The molecule has 1 aromatic heterocycles. The second-order valence-electron chi connectivity index (χ2n) is 2.82. The van der Waals surface area contributed by atoms with Crippen molar-refractivity contribution in [1.82, 2.24) is 0 Å². The van der Waals surface area contributed by atoms with Crippen molar-refractivity contribution in [2.75, 3.05) is 13.2 Å². The van der Waals surface area contributed by atoms with Crippen molar-refractivity contribution in [3.63, 3.8) is 0 Å². The number of nitrogens with two attached hydrogens (primary N) is 1. The van der Waals surface area contributed by atoms with Gasteiger partial charge in [-0.15, -0.1) is 11.3 Å². The average Bonchev–Trinajstić information content (AvgIpc) is 2.63. The normalized spacial score (nSPS) is 9.57. The minimum atomic E-state index is 0.416. The Hall–Kier alpha value is -0.820. The molecule has 1 aromatic rings. The first-order chi connectivity index (χ1) is 6.86. The maximum absolute atomic E-state index is 5.42. The Balaban J connectivity index is 2.42. The van der Waals surface area contributed by atoms with Crippen LogP contribution in [0.3, 0.4) is 0 Å². The third-order valence-corrected chi connectivity index (χ3v) is 2.54. The van der Waals surface area contributed by atoms with Crippen LogP contribution in [0.4, 0.5) is 0 Å². The maximum Gasteiger partial charge on any atom is 0.0809 e. The summed E-state index contributed by atoms with van der Waals surface area (Å²) in [6.07, 6.45) is 1.06. The molecule has 2 N–H and O–H groups in total. The predicted octanol–water partition coefficient (Wildman–Crippen LogP) is 1.98. The van der Waals surface area contributed by atoms with E-state index >= 15 is 0 Å². The van der Waals surface area contributed by atoms with Crippen LogP contribution in [0.1, 0.15) is 23.1 Å². The fourth-order valence-corrected chi connectivity index (χ4v) is 1.80. The van der Waals surface area contributed by atoms with E-state index in [0.717, 1.165) is 17.9 Å². The van der Waals surface area contributed by atoms with Gasteiger partial charge >= 0.3 is 0 Å². The van der Waals surface area contributed by atoms with Gasteiger partial charge in [-0.25, -0.2) is 0 Å². The van der Waals surface area contributed by atoms with E-state index in [4.69, 9.17) is 10.5 Å². The number of ether oxygens (including phenoxy) is 1. The van der Waals surface area contributed by atoms with Gasteiger partial charge in [-0.2, -0.15) is 0 Å². The first kappa shape index (κ1) is 11.3. The largest absolute Gasteiger partial charge is 0.376 e. The van der Waals surface area contributed by atoms with Gasteiger partial charge < -0.3 is 10.5 Å². The monoisotopic (exact) mass is 209 g/mol. The van der Waals surface area contributed by atoms with Crippen LogP contribution in [0.15, 0.2) is 12.1 Å². The lowest BCUT2D eigenvalue weighted by Gasteiger charge is -1.97. The molecular formula is C11H15NOS. The Labute approximate surface area is 89.1 Å². The third-order valence-electron chi connectivity index (χ3n) is 1.57. The highest BCUT2D eigenvalue weighted by Gasteiger charge is 1.97. The average molecular weight is 209 g/mol. The molecule has 0 saturated heterocycles. The molecule has 0 aliphatic carbocycles. The Bertz CT molecular complexity index is 322. The fourth-order valence-electron chi connectivity index (χ4n) is 0.978. The Morgan fingerprint density at radius 2 is 2.36 bits per heavy atom. The molecule has 14 heavy (non-hydrogen) atoms. The van der Waals surface area contributed by atoms with Crippen molar-refractivity contribution in [3.8, 4) is 11.8 Å². The molecule has 1 heterocycles. The van der Waals surface area contributed by atoms with Gasteiger partial charge in [0.05, 0.1) is 18.0 Å². The van der Waals surface area contributed by atoms with Crippen LogP contribution in [0, 0.1) is 11.8 Å². The topological polar surface area (TPSA) is 35.2 Å². The second-order valence-corrected chi connectivity index (χ2v) is 3.99. The Morgan fingerprint density at radius 1 is 1.50 bits per heavy atom. The molecule has 0 radical (unpaired) electrons. The summed E-state index contributed by atoms with van der Waals surface area (Å²) >= 11 is 1.67. The van der Waals surface area contributed by atoms with Crippen LogP contribution in [0.5, 0.6) is 0 Å². The number of rotatable bonds is 4. The van der Waals surface area contributed by atoms with Crippen LogP contribution in [0.25, 0.3) is 0 Å². The van der Waals surface area contributed by atoms with Crippen LogP contribution < -0.4 is 5.73 Å².